The van der Waals surface area contributed by atoms with Gasteiger partial charge in [0.2, 0.25) is 5.91 Å². The lowest BCUT2D eigenvalue weighted by molar-refractivity contribution is -0.117. The molecule has 2 rings (SSSR count). The summed E-state index contributed by atoms with van der Waals surface area (Å²) < 4.78 is 5.36. The van der Waals surface area contributed by atoms with Crippen LogP contribution in [0.3, 0.4) is 0 Å². The first kappa shape index (κ1) is 14.9. The van der Waals surface area contributed by atoms with Gasteiger partial charge in [-0.3, -0.25) is 4.79 Å². The highest BCUT2D eigenvalue weighted by atomic mass is 16.5. The van der Waals surface area contributed by atoms with Gasteiger partial charge in [-0.25, -0.2) is 0 Å². The quantitative estimate of drug-likeness (QED) is 0.857. The Balaban J connectivity index is 2.03. The van der Waals surface area contributed by atoms with Crippen LogP contribution >= 0.6 is 0 Å². The van der Waals surface area contributed by atoms with E-state index in [0.717, 1.165) is 22.6 Å². The molecule has 0 aliphatic carbocycles. The summed E-state index contributed by atoms with van der Waals surface area (Å²) in [6.45, 7) is 2.74. The van der Waals surface area contributed by atoms with Gasteiger partial charge < -0.3 is 15.8 Å². The number of benzene rings is 2. The van der Waals surface area contributed by atoms with Crippen LogP contribution in [0.1, 0.15) is 16.7 Å². The minimum atomic E-state index is -0.319. The summed E-state index contributed by atoms with van der Waals surface area (Å²) in [5.41, 5.74) is 9.39. The third kappa shape index (κ3) is 4.24. The van der Waals surface area contributed by atoms with Gasteiger partial charge in [0, 0.05) is 17.8 Å². The van der Waals surface area contributed by atoms with Crippen LogP contribution in [0.2, 0.25) is 0 Å². The van der Waals surface area contributed by atoms with Crippen molar-refractivity contribution in [1.82, 2.24) is 0 Å². The van der Waals surface area contributed by atoms with E-state index in [9.17, 15) is 4.79 Å². The monoisotopic (exact) mass is 284 g/mol. The smallest absolute Gasteiger partial charge is 0.221 e. The van der Waals surface area contributed by atoms with Crippen LogP contribution in [0.15, 0.2) is 42.5 Å². The van der Waals surface area contributed by atoms with E-state index in [2.05, 4.69) is 18.3 Å². The molecule has 4 nitrogen and oxygen atoms in total. The second-order valence-corrected chi connectivity index (χ2v) is 5.01. The van der Waals surface area contributed by atoms with Crippen molar-refractivity contribution in [1.29, 1.82) is 0 Å². The second kappa shape index (κ2) is 6.79. The summed E-state index contributed by atoms with van der Waals surface area (Å²) in [5.74, 6) is 0.554. The van der Waals surface area contributed by atoms with E-state index in [1.807, 2.05) is 36.4 Å². The van der Waals surface area contributed by atoms with Crippen LogP contribution < -0.4 is 15.8 Å². The van der Waals surface area contributed by atoms with Crippen LogP contribution in [0, 0.1) is 6.92 Å². The van der Waals surface area contributed by atoms with Crippen molar-refractivity contribution in [3.05, 3.63) is 59.2 Å². The van der Waals surface area contributed by atoms with Crippen molar-refractivity contribution in [2.24, 2.45) is 5.73 Å². The molecule has 21 heavy (non-hydrogen) atoms. The van der Waals surface area contributed by atoms with Gasteiger partial charge in [0.15, 0.2) is 0 Å². The van der Waals surface area contributed by atoms with E-state index in [1.54, 1.807) is 7.11 Å². The summed E-state index contributed by atoms with van der Waals surface area (Å²) in [7, 11) is 1.67. The Morgan fingerprint density at radius 2 is 1.90 bits per heavy atom. The van der Waals surface area contributed by atoms with E-state index in [0.29, 0.717) is 6.54 Å². The number of ether oxygens (including phenoxy) is 1. The molecule has 0 fully saturated rings. The topological polar surface area (TPSA) is 64.3 Å². The summed E-state index contributed by atoms with van der Waals surface area (Å²) >= 11 is 0. The molecule has 0 aliphatic heterocycles. The summed E-state index contributed by atoms with van der Waals surface area (Å²) in [6.07, 6.45) is 0.270. The molecule has 2 aromatic carbocycles. The number of carbonyl (C=O) groups excluding carboxylic acids is 1. The molecule has 4 heteroatoms. The number of nitrogens with one attached hydrogen (secondary N) is 1. The molecule has 3 N–H and O–H groups in total. The maximum atomic E-state index is 10.9. The fourth-order valence-corrected chi connectivity index (χ4v) is 2.18. The first-order valence-corrected chi connectivity index (χ1v) is 6.83. The predicted molar refractivity (Wildman–Crippen MR) is 84.4 cm³/mol. The Hall–Kier alpha value is -2.49. The fourth-order valence-electron chi connectivity index (χ4n) is 2.18. The van der Waals surface area contributed by atoms with Crippen LogP contribution in [0.4, 0.5) is 5.69 Å². The number of anilines is 1. The van der Waals surface area contributed by atoms with Crippen molar-refractivity contribution >= 4 is 11.6 Å². The average molecular weight is 284 g/mol. The zero-order chi connectivity index (χ0) is 15.2. The van der Waals surface area contributed by atoms with Crippen molar-refractivity contribution < 1.29 is 9.53 Å². The van der Waals surface area contributed by atoms with Crippen LogP contribution in [0.5, 0.6) is 5.75 Å². The Kier molecular flexibility index (Phi) is 4.82. The molecule has 0 atom stereocenters. The molecule has 0 heterocycles. The number of carbonyl (C=O) groups is 1. The van der Waals surface area contributed by atoms with Crippen LogP contribution in [0.25, 0.3) is 0 Å². The molecule has 1 amide bonds. The van der Waals surface area contributed by atoms with Crippen molar-refractivity contribution in [2.75, 3.05) is 12.4 Å². The van der Waals surface area contributed by atoms with E-state index in [1.165, 1.54) is 5.56 Å². The molecule has 0 aliphatic rings. The Labute approximate surface area is 124 Å². The van der Waals surface area contributed by atoms with Gasteiger partial charge in [-0.05, 0) is 30.7 Å². The molecule has 0 spiro atoms. The third-order valence-electron chi connectivity index (χ3n) is 3.25. The lowest BCUT2D eigenvalue weighted by Gasteiger charge is -2.12. The molecule has 0 aromatic heterocycles. The lowest BCUT2D eigenvalue weighted by Crippen LogP contribution is -2.13. The zero-order valence-corrected chi connectivity index (χ0v) is 12.3. The Bertz CT molecular complexity index is 621. The molecule has 0 saturated heterocycles. The number of nitrogens with two attached hydrogens (primary N) is 1. The van der Waals surface area contributed by atoms with Gasteiger partial charge in [0.05, 0.1) is 13.5 Å². The molecular formula is C17H20N2O2. The maximum absolute atomic E-state index is 10.9. The third-order valence-corrected chi connectivity index (χ3v) is 3.25. The average Bonchev–Trinajstić information content (AvgIpc) is 2.46. The first-order chi connectivity index (χ1) is 10.1. The number of aryl methyl sites for hydroxylation is 1. The number of amides is 1. The molecule has 2 aromatic rings. The lowest BCUT2D eigenvalue weighted by atomic mass is 10.1. The predicted octanol–water partition coefficient (Wildman–Crippen LogP) is 2.64. The highest BCUT2D eigenvalue weighted by Gasteiger charge is 2.03. The largest absolute Gasteiger partial charge is 0.496 e. The standard InChI is InChI=1S/C17H20N2O2/c1-12-3-8-16(21-2)14(9-12)11-19-15-6-4-13(5-7-15)10-17(18)20/h3-9,19H,10-11H2,1-2H3,(H2,18,20). The molecule has 0 saturated carbocycles. The second-order valence-electron chi connectivity index (χ2n) is 5.01. The molecule has 0 radical (unpaired) electrons. The van der Waals surface area contributed by atoms with Gasteiger partial charge in [0.25, 0.3) is 0 Å². The summed E-state index contributed by atoms with van der Waals surface area (Å²) in [6, 6.07) is 13.8. The van der Waals surface area contributed by atoms with Gasteiger partial charge in [-0.1, -0.05) is 29.8 Å². The summed E-state index contributed by atoms with van der Waals surface area (Å²) in [5, 5.41) is 3.35. The number of hydrogen-bond donors (Lipinski definition) is 2. The molecule has 110 valence electrons. The normalized spacial score (nSPS) is 10.2. The SMILES string of the molecule is COc1ccc(C)cc1CNc1ccc(CC(N)=O)cc1. The van der Waals surface area contributed by atoms with E-state index in [4.69, 9.17) is 10.5 Å². The van der Waals surface area contributed by atoms with E-state index in [-0.39, 0.29) is 12.3 Å². The fraction of sp³-hybridized carbons (Fsp3) is 0.235. The molecule has 0 unspecified atom stereocenters. The molecular weight excluding hydrogens is 264 g/mol. The summed E-state index contributed by atoms with van der Waals surface area (Å²) in [4.78, 5) is 10.9. The minimum Gasteiger partial charge on any atom is -0.496 e. The molecule has 0 bridgehead atoms. The van der Waals surface area contributed by atoms with Crippen molar-refractivity contribution in [3.63, 3.8) is 0 Å². The van der Waals surface area contributed by atoms with E-state index < -0.39 is 0 Å². The Morgan fingerprint density at radius 1 is 1.19 bits per heavy atom. The first-order valence-electron chi connectivity index (χ1n) is 6.83. The van der Waals surface area contributed by atoms with Gasteiger partial charge in [-0.15, -0.1) is 0 Å². The van der Waals surface area contributed by atoms with Crippen molar-refractivity contribution in [2.45, 2.75) is 19.9 Å². The maximum Gasteiger partial charge on any atom is 0.221 e. The number of methoxy groups -OCH3 is 1. The number of hydrogen-bond acceptors (Lipinski definition) is 3. The van der Waals surface area contributed by atoms with Gasteiger partial charge in [-0.2, -0.15) is 0 Å². The Morgan fingerprint density at radius 3 is 2.52 bits per heavy atom. The van der Waals surface area contributed by atoms with Crippen LogP contribution in [-0.4, -0.2) is 13.0 Å². The zero-order valence-electron chi connectivity index (χ0n) is 12.3. The van der Waals surface area contributed by atoms with Gasteiger partial charge >= 0.3 is 0 Å². The highest BCUT2D eigenvalue weighted by molar-refractivity contribution is 5.76. The minimum absolute atomic E-state index is 0.270. The van der Waals surface area contributed by atoms with Crippen LogP contribution in [-0.2, 0) is 17.8 Å². The van der Waals surface area contributed by atoms with Crippen molar-refractivity contribution in [3.8, 4) is 5.75 Å². The number of rotatable bonds is 6. The van der Waals surface area contributed by atoms with Gasteiger partial charge in [0.1, 0.15) is 5.75 Å². The number of primary amides is 1. The van der Waals surface area contributed by atoms with E-state index >= 15 is 0 Å². The highest BCUT2D eigenvalue weighted by Crippen LogP contribution is 2.21.